The first-order chi connectivity index (χ1) is 16.2. The highest BCUT2D eigenvalue weighted by Gasteiger charge is 2.16. The summed E-state index contributed by atoms with van der Waals surface area (Å²) in [6.45, 7) is 3.02. The number of amides is 1. The van der Waals surface area contributed by atoms with Gasteiger partial charge in [-0.05, 0) is 54.6 Å². The van der Waals surface area contributed by atoms with E-state index in [0.717, 1.165) is 11.4 Å². The van der Waals surface area contributed by atoms with Gasteiger partial charge in [-0.1, -0.05) is 22.9 Å². The topological polar surface area (TPSA) is 124 Å². The number of aryl methyl sites for hydroxylation is 1. The molecule has 174 valence electrons. The predicted molar refractivity (Wildman–Crippen MR) is 131 cm³/mol. The summed E-state index contributed by atoms with van der Waals surface area (Å²) in [5, 5.41) is 4.74. The van der Waals surface area contributed by atoms with Crippen LogP contribution in [0, 0.1) is 0 Å². The molecule has 0 saturated heterocycles. The molecule has 0 radical (unpaired) electrons. The maximum absolute atomic E-state index is 13.0. The molecule has 2 aromatic carbocycles. The number of rotatable bonds is 6. The molecule has 11 heteroatoms. The minimum atomic E-state index is -3.91. The molecule has 0 spiro atoms. The Morgan fingerprint density at radius 1 is 1.18 bits per heavy atom. The molecule has 4 rings (SSSR count). The number of carbonyl (C=O) groups is 1. The van der Waals surface area contributed by atoms with Crippen molar-refractivity contribution in [1.82, 2.24) is 14.4 Å². The van der Waals surface area contributed by atoms with E-state index in [0.29, 0.717) is 40.2 Å². The number of hydrogen-bond acceptors (Lipinski definition) is 7. The lowest BCUT2D eigenvalue weighted by Gasteiger charge is -2.07. The number of fused-ring (bicyclic) bond motifs is 1. The number of nitrogens with one attached hydrogen (secondary N) is 1. The molecular weight excluding hydrogens is 524 g/mol. The second-order valence-corrected chi connectivity index (χ2v) is 9.89. The molecule has 0 saturated carbocycles. The molecule has 1 N–H and O–H groups in total. The van der Waals surface area contributed by atoms with Gasteiger partial charge in [-0.2, -0.15) is 9.78 Å². The number of hydrogen-bond donors (Lipinski definition) is 1. The van der Waals surface area contributed by atoms with Crippen LogP contribution in [0.3, 0.4) is 0 Å². The normalized spacial score (nSPS) is 11.9. The first-order valence-electron chi connectivity index (χ1n) is 10.2. The second-order valence-electron chi connectivity index (χ2n) is 7.29. The quantitative estimate of drug-likeness (QED) is 0.370. The summed E-state index contributed by atoms with van der Waals surface area (Å²) in [4.78, 5) is 28.5. The van der Waals surface area contributed by atoms with Gasteiger partial charge < -0.3 is 4.42 Å². The molecule has 0 fully saturated rings. The van der Waals surface area contributed by atoms with Gasteiger partial charge in [0.1, 0.15) is 17.3 Å². The fourth-order valence-corrected chi connectivity index (χ4v) is 4.63. The third kappa shape index (κ3) is 4.85. The molecule has 0 aliphatic carbocycles. The van der Waals surface area contributed by atoms with E-state index in [1.54, 1.807) is 36.4 Å². The van der Waals surface area contributed by atoms with E-state index in [1.807, 2.05) is 17.7 Å². The van der Waals surface area contributed by atoms with Crippen LogP contribution in [0.4, 0.5) is 0 Å². The minimum absolute atomic E-state index is 0.0401. The van der Waals surface area contributed by atoms with Crippen LogP contribution in [0.5, 0.6) is 0 Å². The monoisotopic (exact) mass is 542 g/mol. The van der Waals surface area contributed by atoms with Crippen LogP contribution in [0.1, 0.15) is 25.4 Å². The molecule has 2 aromatic heterocycles. The summed E-state index contributed by atoms with van der Waals surface area (Å²) in [6.07, 6.45) is 1.93. The van der Waals surface area contributed by atoms with Crippen molar-refractivity contribution in [3.05, 3.63) is 81.0 Å². The number of nitrogens with zero attached hydrogens (tertiary/aromatic N) is 3. The molecule has 0 aliphatic rings. The van der Waals surface area contributed by atoms with Crippen molar-refractivity contribution >= 4 is 49.0 Å². The Morgan fingerprint density at radius 2 is 1.91 bits per heavy atom. The van der Waals surface area contributed by atoms with E-state index in [1.165, 1.54) is 23.0 Å². The van der Waals surface area contributed by atoms with E-state index >= 15 is 0 Å². The fourth-order valence-electron chi connectivity index (χ4n) is 3.28. The Bertz CT molecular complexity index is 1590. The lowest BCUT2D eigenvalue weighted by Crippen LogP contribution is -2.28. The molecule has 2 heterocycles. The molecule has 0 atom stereocenters. The zero-order chi connectivity index (χ0) is 24.5. The Labute approximate surface area is 203 Å². The summed E-state index contributed by atoms with van der Waals surface area (Å²) in [6, 6.07) is 14.6. The summed E-state index contributed by atoms with van der Waals surface area (Å²) in [5.41, 5.74) is 0.938. The predicted octanol–water partition coefficient (Wildman–Crippen LogP) is 3.69. The fraction of sp³-hybridized carbons (Fsp3) is 0.130. The lowest BCUT2D eigenvalue weighted by molar-refractivity contribution is -0.117. The standard InChI is InChI=1S/C23H19BrN4O5S/c1-3-22-26-20-10-6-16(24)12-19(20)23(30)28(22)25-13-17-7-11-21(33-17)15-4-8-18(9-5-15)34(31,32)27-14(2)29/h4-13H,3H2,1-2H3,(H,27,29). The van der Waals surface area contributed by atoms with E-state index in [-0.39, 0.29) is 10.5 Å². The Hall–Kier alpha value is -3.57. The summed E-state index contributed by atoms with van der Waals surface area (Å²) in [5.74, 6) is 0.722. The minimum Gasteiger partial charge on any atom is -0.455 e. The third-order valence-electron chi connectivity index (χ3n) is 4.85. The van der Waals surface area contributed by atoms with Crippen molar-refractivity contribution in [2.75, 3.05) is 0 Å². The molecule has 0 unspecified atom stereocenters. The van der Waals surface area contributed by atoms with Crippen LogP contribution in [0.2, 0.25) is 0 Å². The zero-order valence-corrected chi connectivity index (χ0v) is 20.6. The average molecular weight is 543 g/mol. The summed E-state index contributed by atoms with van der Waals surface area (Å²) < 4.78 is 33.9. The number of carbonyl (C=O) groups excluding carboxylic acids is 1. The van der Waals surface area contributed by atoms with Gasteiger partial charge in [0.05, 0.1) is 22.0 Å². The van der Waals surface area contributed by atoms with Gasteiger partial charge >= 0.3 is 0 Å². The maximum atomic E-state index is 13.0. The van der Waals surface area contributed by atoms with Crippen molar-refractivity contribution in [1.29, 1.82) is 0 Å². The van der Waals surface area contributed by atoms with E-state index in [9.17, 15) is 18.0 Å². The molecule has 1 amide bonds. The second kappa shape index (κ2) is 9.35. The molecular formula is C23H19BrN4O5S. The largest absolute Gasteiger partial charge is 0.455 e. The van der Waals surface area contributed by atoms with Crippen LogP contribution in [-0.2, 0) is 21.2 Å². The zero-order valence-electron chi connectivity index (χ0n) is 18.1. The van der Waals surface area contributed by atoms with Gasteiger partial charge in [0, 0.05) is 23.4 Å². The van der Waals surface area contributed by atoms with Gasteiger partial charge in [-0.3, -0.25) is 9.59 Å². The summed E-state index contributed by atoms with van der Waals surface area (Å²) >= 11 is 3.37. The van der Waals surface area contributed by atoms with Crippen LogP contribution in [-0.4, -0.2) is 30.2 Å². The van der Waals surface area contributed by atoms with E-state index in [2.05, 4.69) is 26.0 Å². The van der Waals surface area contributed by atoms with Crippen molar-refractivity contribution in [2.45, 2.75) is 25.2 Å². The van der Waals surface area contributed by atoms with Crippen molar-refractivity contribution in [2.24, 2.45) is 5.10 Å². The smallest absolute Gasteiger partial charge is 0.282 e. The first kappa shape index (κ1) is 23.6. The van der Waals surface area contributed by atoms with Crippen LogP contribution < -0.4 is 10.3 Å². The van der Waals surface area contributed by atoms with Crippen molar-refractivity contribution < 1.29 is 17.6 Å². The van der Waals surface area contributed by atoms with Gasteiger partial charge in [0.2, 0.25) is 5.91 Å². The Morgan fingerprint density at radius 3 is 2.59 bits per heavy atom. The summed E-state index contributed by atoms with van der Waals surface area (Å²) in [7, 11) is -3.91. The first-order valence-corrected chi connectivity index (χ1v) is 12.4. The van der Waals surface area contributed by atoms with Gasteiger partial charge in [-0.25, -0.2) is 18.1 Å². The van der Waals surface area contributed by atoms with Crippen LogP contribution in [0.25, 0.3) is 22.2 Å². The molecule has 0 aliphatic heterocycles. The lowest BCUT2D eigenvalue weighted by atomic mass is 10.2. The molecule has 0 bridgehead atoms. The number of sulfonamides is 1. The number of furan rings is 1. The number of aromatic nitrogens is 2. The van der Waals surface area contributed by atoms with Gasteiger partial charge in [-0.15, -0.1) is 0 Å². The average Bonchev–Trinajstić information content (AvgIpc) is 3.27. The highest BCUT2D eigenvalue weighted by atomic mass is 79.9. The van der Waals surface area contributed by atoms with Gasteiger partial charge in [0.25, 0.3) is 15.6 Å². The van der Waals surface area contributed by atoms with Gasteiger partial charge in [0.15, 0.2) is 0 Å². The van der Waals surface area contributed by atoms with E-state index in [4.69, 9.17) is 4.42 Å². The van der Waals surface area contributed by atoms with Crippen molar-refractivity contribution in [3.63, 3.8) is 0 Å². The van der Waals surface area contributed by atoms with E-state index < -0.39 is 15.9 Å². The molecule has 9 nitrogen and oxygen atoms in total. The highest BCUT2D eigenvalue weighted by molar-refractivity contribution is 9.10. The Balaban J connectivity index is 1.62. The Kier molecular flexibility index (Phi) is 6.49. The maximum Gasteiger partial charge on any atom is 0.282 e. The third-order valence-corrected chi connectivity index (χ3v) is 6.79. The SMILES string of the molecule is CCc1nc2ccc(Br)cc2c(=O)n1N=Cc1ccc(-c2ccc(S(=O)(=O)NC(C)=O)cc2)o1. The molecule has 4 aromatic rings. The number of halogens is 1. The highest BCUT2D eigenvalue weighted by Crippen LogP contribution is 2.23. The number of benzene rings is 2. The van der Waals surface area contributed by atoms with Crippen LogP contribution >= 0.6 is 15.9 Å². The van der Waals surface area contributed by atoms with Crippen LogP contribution in [0.15, 0.2) is 78.3 Å². The molecule has 34 heavy (non-hydrogen) atoms. The van der Waals surface area contributed by atoms with Crippen molar-refractivity contribution in [3.8, 4) is 11.3 Å².